The number of carbonyl (C=O) groups is 1. The van der Waals surface area contributed by atoms with E-state index in [1.165, 1.54) is 0 Å². The van der Waals surface area contributed by atoms with Crippen LogP contribution in [0.2, 0.25) is 15.1 Å². The number of halogens is 3. The highest BCUT2D eigenvalue weighted by Gasteiger charge is 2.10. The lowest BCUT2D eigenvalue weighted by molar-refractivity contribution is 0.0944. The Balaban J connectivity index is 1.94. The van der Waals surface area contributed by atoms with Crippen LogP contribution in [0.4, 0.5) is 5.69 Å². The van der Waals surface area contributed by atoms with Crippen LogP contribution < -0.4 is 16.2 Å². The van der Waals surface area contributed by atoms with Gasteiger partial charge in [-0.2, -0.15) is 0 Å². The molecule has 0 atom stereocenters. The maximum absolute atomic E-state index is 12.0. The number of nitrogens with one attached hydrogen (secondary N) is 3. The Kier molecular flexibility index (Phi) is 5.85. The molecule has 0 unspecified atom stereocenters. The molecule has 0 aliphatic carbocycles. The van der Waals surface area contributed by atoms with Crippen molar-refractivity contribution in [1.82, 2.24) is 10.9 Å². The number of hydrogen-bond acceptors (Lipinski definition) is 2. The third-order valence-electron chi connectivity index (χ3n) is 2.58. The minimum Gasteiger partial charge on any atom is -0.330 e. The van der Waals surface area contributed by atoms with Gasteiger partial charge >= 0.3 is 0 Å². The number of benzene rings is 2. The van der Waals surface area contributed by atoms with Gasteiger partial charge in [-0.3, -0.25) is 15.6 Å². The van der Waals surface area contributed by atoms with E-state index in [1.54, 1.807) is 42.5 Å². The minimum atomic E-state index is -0.410. The zero-order valence-electron chi connectivity index (χ0n) is 11.0. The Labute approximate surface area is 147 Å². The Morgan fingerprint density at radius 2 is 1.68 bits per heavy atom. The number of anilines is 1. The van der Waals surface area contributed by atoms with Gasteiger partial charge in [-0.05, 0) is 42.5 Å². The topological polar surface area (TPSA) is 53.2 Å². The van der Waals surface area contributed by atoms with Crippen LogP contribution in [0.25, 0.3) is 0 Å². The third kappa shape index (κ3) is 4.48. The van der Waals surface area contributed by atoms with Crippen molar-refractivity contribution in [2.45, 2.75) is 0 Å². The average molecular weight is 375 g/mol. The molecule has 0 aliphatic heterocycles. The van der Waals surface area contributed by atoms with Gasteiger partial charge in [0.1, 0.15) is 0 Å². The lowest BCUT2D eigenvalue weighted by Crippen LogP contribution is -2.43. The first-order valence-corrected chi connectivity index (χ1v) is 7.58. The Morgan fingerprint density at radius 1 is 0.955 bits per heavy atom. The van der Waals surface area contributed by atoms with Gasteiger partial charge < -0.3 is 5.32 Å². The molecule has 0 heterocycles. The molecule has 0 spiro atoms. The summed E-state index contributed by atoms with van der Waals surface area (Å²) in [6, 6.07) is 11.6. The number of carbonyl (C=O) groups excluding carboxylic acids is 1. The zero-order valence-corrected chi connectivity index (χ0v) is 14.1. The summed E-state index contributed by atoms with van der Waals surface area (Å²) < 4.78 is 0. The first-order chi connectivity index (χ1) is 10.5. The fourth-order valence-electron chi connectivity index (χ4n) is 1.57. The molecule has 2 aromatic rings. The van der Waals surface area contributed by atoms with E-state index in [0.717, 1.165) is 0 Å². The molecule has 4 nitrogen and oxygen atoms in total. The van der Waals surface area contributed by atoms with Gasteiger partial charge in [0.2, 0.25) is 0 Å². The standard InChI is InChI=1S/C14H10Cl3N3OS/c15-8-5-6-11(17)12(7-8)18-14(22)20-19-13(21)9-3-1-2-4-10(9)16/h1-7H,(H,19,21)(H2,18,20,22). The van der Waals surface area contributed by atoms with Gasteiger partial charge in [0.25, 0.3) is 5.91 Å². The van der Waals surface area contributed by atoms with Crippen LogP contribution in [-0.2, 0) is 0 Å². The highest BCUT2D eigenvalue weighted by molar-refractivity contribution is 7.80. The second-order valence-corrected chi connectivity index (χ2v) is 5.80. The smallest absolute Gasteiger partial charge is 0.271 e. The molecule has 0 fully saturated rings. The van der Waals surface area contributed by atoms with Crippen LogP contribution in [0.3, 0.4) is 0 Å². The second-order valence-electron chi connectivity index (χ2n) is 4.14. The monoisotopic (exact) mass is 373 g/mol. The first kappa shape index (κ1) is 16.8. The molecule has 0 bridgehead atoms. The van der Waals surface area contributed by atoms with E-state index in [0.29, 0.717) is 26.3 Å². The van der Waals surface area contributed by atoms with Gasteiger partial charge in [0, 0.05) is 5.02 Å². The number of rotatable bonds is 2. The summed E-state index contributed by atoms with van der Waals surface area (Å²) in [6.45, 7) is 0. The molecule has 2 rings (SSSR count). The maximum atomic E-state index is 12.0. The molecular weight excluding hydrogens is 365 g/mol. The second kappa shape index (κ2) is 7.65. The van der Waals surface area contributed by atoms with E-state index in [-0.39, 0.29) is 5.11 Å². The average Bonchev–Trinajstić information content (AvgIpc) is 2.49. The molecular formula is C14H10Cl3N3OS. The van der Waals surface area contributed by atoms with E-state index < -0.39 is 5.91 Å². The van der Waals surface area contributed by atoms with Crippen molar-refractivity contribution in [2.24, 2.45) is 0 Å². The number of hydrogen-bond donors (Lipinski definition) is 3. The predicted octanol–water partition coefficient (Wildman–Crippen LogP) is 4.28. The summed E-state index contributed by atoms with van der Waals surface area (Å²) in [6.07, 6.45) is 0. The van der Waals surface area contributed by atoms with Crippen molar-refractivity contribution in [3.05, 3.63) is 63.1 Å². The van der Waals surface area contributed by atoms with Gasteiger partial charge in [0.15, 0.2) is 5.11 Å². The highest BCUT2D eigenvalue weighted by Crippen LogP contribution is 2.25. The Bertz CT molecular complexity index is 724. The van der Waals surface area contributed by atoms with Crippen molar-refractivity contribution < 1.29 is 4.79 Å². The van der Waals surface area contributed by atoms with Gasteiger partial charge in [0.05, 0.1) is 21.3 Å². The number of thiocarbonyl (C=S) groups is 1. The van der Waals surface area contributed by atoms with Crippen molar-refractivity contribution in [2.75, 3.05) is 5.32 Å². The SMILES string of the molecule is O=C(NNC(=S)Nc1cc(Cl)ccc1Cl)c1ccccc1Cl. The lowest BCUT2D eigenvalue weighted by atomic mass is 10.2. The van der Waals surface area contributed by atoms with E-state index in [4.69, 9.17) is 47.0 Å². The summed E-state index contributed by atoms with van der Waals surface area (Å²) in [5.41, 5.74) is 5.86. The van der Waals surface area contributed by atoms with Gasteiger partial charge in [-0.1, -0.05) is 46.9 Å². The van der Waals surface area contributed by atoms with E-state index in [2.05, 4.69) is 16.2 Å². The maximum Gasteiger partial charge on any atom is 0.271 e. The van der Waals surface area contributed by atoms with Crippen LogP contribution in [0.1, 0.15) is 10.4 Å². The molecule has 0 radical (unpaired) electrons. The molecule has 22 heavy (non-hydrogen) atoms. The van der Waals surface area contributed by atoms with Gasteiger partial charge in [-0.25, -0.2) is 0 Å². The van der Waals surface area contributed by atoms with E-state index in [1.807, 2.05) is 0 Å². The van der Waals surface area contributed by atoms with Crippen molar-refractivity contribution >= 4 is 63.7 Å². The number of amides is 1. The van der Waals surface area contributed by atoms with Crippen LogP contribution >= 0.6 is 47.0 Å². The lowest BCUT2D eigenvalue weighted by Gasteiger charge is -2.13. The molecule has 2 aromatic carbocycles. The normalized spacial score (nSPS) is 9.95. The summed E-state index contributed by atoms with van der Waals surface area (Å²) in [5, 5.41) is 4.29. The molecule has 3 N–H and O–H groups in total. The van der Waals surface area contributed by atoms with E-state index in [9.17, 15) is 4.79 Å². The summed E-state index contributed by atoms with van der Waals surface area (Å²) >= 11 is 22.9. The zero-order chi connectivity index (χ0) is 16.1. The quantitative estimate of drug-likeness (QED) is 0.542. The fraction of sp³-hybridized carbons (Fsp3) is 0. The Morgan fingerprint density at radius 3 is 2.41 bits per heavy atom. The van der Waals surface area contributed by atoms with Crippen LogP contribution in [0.5, 0.6) is 0 Å². The van der Waals surface area contributed by atoms with Crippen LogP contribution in [-0.4, -0.2) is 11.0 Å². The van der Waals surface area contributed by atoms with Crippen molar-refractivity contribution in [3.8, 4) is 0 Å². The molecule has 1 amide bonds. The fourth-order valence-corrected chi connectivity index (χ4v) is 2.29. The third-order valence-corrected chi connectivity index (χ3v) is 3.68. The van der Waals surface area contributed by atoms with Crippen molar-refractivity contribution in [3.63, 3.8) is 0 Å². The molecule has 0 aromatic heterocycles. The Hall–Kier alpha value is -1.53. The molecule has 0 aliphatic rings. The molecule has 0 saturated heterocycles. The molecule has 0 saturated carbocycles. The van der Waals surface area contributed by atoms with Crippen LogP contribution in [0.15, 0.2) is 42.5 Å². The van der Waals surface area contributed by atoms with E-state index >= 15 is 0 Å². The first-order valence-electron chi connectivity index (χ1n) is 6.04. The largest absolute Gasteiger partial charge is 0.330 e. The summed E-state index contributed by atoms with van der Waals surface area (Å²) in [4.78, 5) is 12.0. The molecule has 114 valence electrons. The number of hydrazine groups is 1. The predicted molar refractivity (Wildman–Crippen MR) is 94.7 cm³/mol. The summed E-state index contributed by atoms with van der Waals surface area (Å²) in [7, 11) is 0. The minimum absolute atomic E-state index is 0.157. The highest BCUT2D eigenvalue weighted by atomic mass is 35.5. The van der Waals surface area contributed by atoms with Gasteiger partial charge in [-0.15, -0.1) is 0 Å². The summed E-state index contributed by atoms with van der Waals surface area (Å²) in [5.74, 6) is -0.410. The molecule has 8 heteroatoms. The van der Waals surface area contributed by atoms with Crippen LogP contribution in [0, 0.1) is 0 Å². The van der Waals surface area contributed by atoms with Crippen molar-refractivity contribution in [1.29, 1.82) is 0 Å².